The monoisotopic (exact) mass is 525 g/mol. The molecule has 1 nitrogen and oxygen atoms in total. The van der Waals surface area contributed by atoms with Crippen LogP contribution in [0.3, 0.4) is 0 Å². The Balaban J connectivity index is 1.18. The molecule has 1 heteroatoms. The fourth-order valence-electron chi connectivity index (χ4n) is 5.31. The average Bonchev–Trinajstić information content (AvgIpc) is 3.08. The van der Waals surface area contributed by atoms with Gasteiger partial charge < -0.3 is 4.90 Å². The van der Waals surface area contributed by atoms with Gasteiger partial charge in [0.1, 0.15) is 0 Å². The summed E-state index contributed by atoms with van der Waals surface area (Å²) in [6.45, 7) is 0. The van der Waals surface area contributed by atoms with Gasteiger partial charge in [-0.1, -0.05) is 121 Å². The van der Waals surface area contributed by atoms with Gasteiger partial charge in [0, 0.05) is 17.1 Å². The lowest BCUT2D eigenvalue weighted by Gasteiger charge is -2.25. The molecule has 0 N–H and O–H groups in total. The lowest BCUT2D eigenvalue weighted by molar-refractivity contribution is 1.28. The summed E-state index contributed by atoms with van der Waals surface area (Å²) in [5.74, 6) is 0. The molecule has 0 aliphatic rings. The van der Waals surface area contributed by atoms with Gasteiger partial charge in [0.25, 0.3) is 0 Å². The summed E-state index contributed by atoms with van der Waals surface area (Å²) in [5.41, 5.74) is 6.90. The number of hydrogen-bond acceptors (Lipinski definition) is 1. The van der Waals surface area contributed by atoms with E-state index in [0.29, 0.717) is 5.56 Å². The highest BCUT2D eigenvalue weighted by Gasteiger charge is 2.11. The lowest BCUT2D eigenvalue weighted by Crippen LogP contribution is -2.09. The fraction of sp³-hybridized carbons (Fsp3) is 0. The quantitative estimate of drug-likeness (QED) is 0.195. The number of para-hydroxylation sites is 2. The topological polar surface area (TPSA) is 3.24 Å². The highest BCUT2D eigenvalue weighted by Crippen LogP contribution is 2.34. The van der Waals surface area contributed by atoms with Crippen LogP contribution in [0.5, 0.6) is 0 Å². The first-order chi connectivity index (χ1) is 21.1. The molecular weight excluding hydrogens is 494 g/mol. The molecule has 0 radical (unpaired) electrons. The van der Waals surface area contributed by atoms with Gasteiger partial charge in [-0.3, -0.25) is 0 Å². The van der Waals surface area contributed by atoms with Crippen molar-refractivity contribution in [2.24, 2.45) is 0 Å². The molecule has 0 unspecified atom stereocenters. The average molecular weight is 526 g/mol. The maximum absolute atomic E-state index is 8.87. The summed E-state index contributed by atoms with van der Waals surface area (Å²) < 4.78 is 17.7. The minimum atomic E-state index is 0.199. The van der Waals surface area contributed by atoms with E-state index in [4.69, 9.17) is 2.74 Å². The Morgan fingerprint density at radius 2 is 0.805 bits per heavy atom. The molecule has 0 aliphatic carbocycles. The highest BCUT2D eigenvalue weighted by atomic mass is 15.1. The van der Waals surface area contributed by atoms with Crippen LogP contribution >= 0.6 is 0 Å². The number of anilines is 3. The van der Waals surface area contributed by atoms with Gasteiger partial charge >= 0.3 is 0 Å². The smallest absolute Gasteiger partial charge is 0.0629 e. The largest absolute Gasteiger partial charge is 0.311 e. The van der Waals surface area contributed by atoms with E-state index >= 15 is 0 Å². The molecular formula is C40H29N. The zero-order valence-corrected chi connectivity index (χ0v) is 22.5. The molecule has 0 saturated heterocycles. The summed E-state index contributed by atoms with van der Waals surface area (Å²) in [6, 6.07) is 56.2. The minimum absolute atomic E-state index is 0.199. The van der Waals surface area contributed by atoms with Gasteiger partial charge in [0.15, 0.2) is 0 Å². The van der Waals surface area contributed by atoms with Crippen LogP contribution in [0.4, 0.5) is 17.1 Å². The Morgan fingerprint density at radius 1 is 0.366 bits per heavy atom. The van der Waals surface area contributed by atoms with Gasteiger partial charge in [-0.05, 0) is 98.4 Å². The van der Waals surface area contributed by atoms with Crippen LogP contribution < -0.4 is 4.90 Å². The molecule has 0 fully saturated rings. The van der Waals surface area contributed by atoms with Gasteiger partial charge in [-0.15, -0.1) is 0 Å². The summed E-state index contributed by atoms with van der Waals surface area (Å²) in [7, 11) is 0. The van der Waals surface area contributed by atoms with Gasteiger partial charge in [-0.25, -0.2) is 0 Å². The van der Waals surface area contributed by atoms with Crippen molar-refractivity contribution in [3.63, 3.8) is 0 Å². The van der Waals surface area contributed by atoms with E-state index in [9.17, 15) is 0 Å². The van der Waals surface area contributed by atoms with Crippen LogP contribution in [-0.4, -0.2) is 0 Å². The third-order valence-electron chi connectivity index (χ3n) is 7.43. The molecule has 7 aromatic rings. The van der Waals surface area contributed by atoms with E-state index in [1.807, 2.05) is 72.8 Å². The number of rotatable bonds is 6. The normalized spacial score (nSPS) is 12.5. The molecule has 0 aliphatic heterocycles. The predicted octanol–water partition coefficient (Wildman–Crippen LogP) is 11.3. The highest BCUT2D eigenvalue weighted by molar-refractivity contribution is 5.92. The number of benzene rings is 7. The van der Waals surface area contributed by atoms with Crippen LogP contribution in [0.1, 0.15) is 13.9 Å². The second-order valence-corrected chi connectivity index (χ2v) is 10.1. The Morgan fingerprint density at radius 3 is 1.46 bits per heavy atom. The van der Waals surface area contributed by atoms with E-state index in [2.05, 4.69) is 95.9 Å². The Bertz CT molecular complexity index is 2040. The molecule has 0 atom stereocenters. The first kappa shape index (κ1) is 22.4. The molecule has 0 spiro atoms. The van der Waals surface area contributed by atoms with Gasteiger partial charge in [0.2, 0.25) is 0 Å². The summed E-state index contributed by atoms with van der Waals surface area (Å²) in [5, 5.41) is 4.62. The summed E-state index contributed by atoms with van der Waals surface area (Å²) >= 11 is 0. The standard InChI is InChI=1S/C40H29N/c1-3-11-38(12-4-1)41(39-13-5-2-6-14-39)40-25-18-30(19-26-40)15-16-31-17-20-35-29-37(24-23-34(35)27-31)36-22-21-32-9-7-8-10-33(32)28-36/h1-29H/b16-15+/i15D,16D. The zero-order chi connectivity index (χ0) is 29.2. The van der Waals surface area contributed by atoms with Crippen LogP contribution in [0.15, 0.2) is 164 Å². The second kappa shape index (κ2) is 11.0. The van der Waals surface area contributed by atoms with Crippen molar-refractivity contribution in [1.29, 1.82) is 0 Å². The molecule has 0 amide bonds. The molecule has 0 aromatic heterocycles. The van der Waals surface area contributed by atoms with Crippen LogP contribution in [0, 0.1) is 0 Å². The van der Waals surface area contributed by atoms with Crippen LogP contribution in [0.25, 0.3) is 44.8 Å². The molecule has 0 heterocycles. The number of fused-ring (bicyclic) bond motifs is 2. The van der Waals surface area contributed by atoms with Crippen molar-refractivity contribution in [2.75, 3.05) is 4.90 Å². The SMILES string of the molecule is [2H]/C(=C(/[2H])c1ccc2cc(-c3ccc4ccccc4c3)ccc2c1)c1ccc(N(c2ccccc2)c2ccccc2)cc1. The van der Waals surface area contributed by atoms with Crippen LogP contribution in [-0.2, 0) is 0 Å². The van der Waals surface area contributed by atoms with Crippen molar-refractivity contribution in [2.45, 2.75) is 0 Å². The van der Waals surface area contributed by atoms with E-state index in [0.717, 1.165) is 39.0 Å². The Labute approximate surface area is 244 Å². The number of nitrogens with zero attached hydrogens (tertiary/aromatic N) is 1. The first-order valence-electron chi connectivity index (χ1n) is 14.9. The van der Waals surface area contributed by atoms with Gasteiger partial charge in [0.05, 0.1) is 2.74 Å². The van der Waals surface area contributed by atoms with Crippen LogP contribution in [0.2, 0.25) is 0 Å². The fourth-order valence-corrected chi connectivity index (χ4v) is 5.31. The van der Waals surface area contributed by atoms with E-state index in [1.54, 1.807) is 0 Å². The van der Waals surface area contributed by atoms with E-state index in [1.165, 1.54) is 16.3 Å². The first-order valence-corrected chi connectivity index (χ1v) is 13.9. The summed E-state index contributed by atoms with van der Waals surface area (Å²) in [4.78, 5) is 2.19. The van der Waals surface area contributed by atoms with E-state index < -0.39 is 0 Å². The second-order valence-electron chi connectivity index (χ2n) is 10.1. The van der Waals surface area contributed by atoms with Crippen molar-refractivity contribution < 1.29 is 2.74 Å². The predicted molar refractivity (Wildman–Crippen MR) is 177 cm³/mol. The Kier molecular flexibility index (Phi) is 6.01. The van der Waals surface area contributed by atoms with Crippen molar-refractivity contribution in [1.82, 2.24) is 0 Å². The third kappa shape index (κ3) is 5.26. The molecule has 7 rings (SSSR count). The Hall–Kier alpha value is -5.40. The summed E-state index contributed by atoms with van der Waals surface area (Å²) in [6.07, 6.45) is 0. The van der Waals surface area contributed by atoms with E-state index in [-0.39, 0.29) is 12.1 Å². The van der Waals surface area contributed by atoms with Crippen molar-refractivity contribution in [3.8, 4) is 11.1 Å². The lowest BCUT2D eigenvalue weighted by atomic mass is 9.98. The molecule has 7 aromatic carbocycles. The molecule has 0 bridgehead atoms. The maximum Gasteiger partial charge on any atom is 0.0629 e. The molecule has 41 heavy (non-hydrogen) atoms. The number of hydrogen-bond donors (Lipinski definition) is 0. The third-order valence-corrected chi connectivity index (χ3v) is 7.43. The zero-order valence-electron chi connectivity index (χ0n) is 24.5. The molecule has 194 valence electrons. The van der Waals surface area contributed by atoms with Crippen molar-refractivity contribution >= 4 is 50.7 Å². The van der Waals surface area contributed by atoms with Crippen molar-refractivity contribution in [3.05, 3.63) is 175 Å². The maximum atomic E-state index is 8.87. The van der Waals surface area contributed by atoms with Gasteiger partial charge in [-0.2, -0.15) is 0 Å². The molecule has 0 saturated carbocycles. The minimum Gasteiger partial charge on any atom is -0.311 e.